The van der Waals surface area contributed by atoms with Crippen molar-refractivity contribution in [2.45, 2.75) is 19.6 Å². The molecule has 0 radical (unpaired) electrons. The maximum atomic E-state index is 15.0. The lowest BCUT2D eigenvalue weighted by atomic mass is 9.73. The number of benzene rings is 2. The Morgan fingerprint density at radius 3 is 2.36 bits per heavy atom. The van der Waals surface area contributed by atoms with E-state index >= 15 is 0 Å². The number of aryl methyl sites for hydroxylation is 1. The number of alkyl halides is 3. The van der Waals surface area contributed by atoms with Crippen LogP contribution in [0.2, 0.25) is 0 Å². The van der Waals surface area contributed by atoms with Gasteiger partial charge in [-0.05, 0) is 44.3 Å². The molecule has 3 aromatic heterocycles. The summed E-state index contributed by atoms with van der Waals surface area (Å²) < 4.78 is 57.2. The smallest absolute Gasteiger partial charge is 0.432 e. The zero-order valence-corrected chi connectivity index (χ0v) is 24.7. The Balaban J connectivity index is 1.32. The summed E-state index contributed by atoms with van der Waals surface area (Å²) in [4.78, 5) is 12.7. The highest BCUT2D eigenvalue weighted by atomic mass is 32.1. The molecule has 1 N–H and O–H groups in total. The van der Waals surface area contributed by atoms with E-state index in [0.29, 0.717) is 45.1 Å². The van der Waals surface area contributed by atoms with Crippen molar-refractivity contribution in [3.8, 4) is 33.3 Å². The molecule has 5 aromatic rings. The second-order valence-electron chi connectivity index (χ2n) is 11.7. The molecule has 7 nitrogen and oxygen atoms in total. The molecule has 0 unspecified atom stereocenters. The molecule has 1 spiro atoms. The maximum absolute atomic E-state index is 15.0. The number of aromatic amines is 1. The predicted octanol–water partition coefficient (Wildman–Crippen LogP) is 6.50. The maximum Gasteiger partial charge on any atom is 0.432 e. The average Bonchev–Trinajstić information content (AvgIpc) is 3.61. The summed E-state index contributed by atoms with van der Waals surface area (Å²) in [6, 6.07) is 10.9. The third-order valence-electron chi connectivity index (χ3n) is 8.68. The lowest BCUT2D eigenvalue weighted by Gasteiger charge is -2.59. The predicted molar refractivity (Wildman–Crippen MR) is 160 cm³/mol. The minimum Gasteiger partial charge on any atom is -0.497 e. The van der Waals surface area contributed by atoms with Gasteiger partial charge >= 0.3 is 6.18 Å². The Labute approximate surface area is 245 Å². The fraction of sp³-hybridized carbons (Fsp3) is 0.387. The fourth-order valence-corrected chi connectivity index (χ4v) is 7.94. The van der Waals surface area contributed by atoms with E-state index in [0.717, 1.165) is 48.3 Å². The Morgan fingerprint density at radius 1 is 0.952 bits per heavy atom. The lowest BCUT2D eigenvalue weighted by Crippen LogP contribution is -2.71. The summed E-state index contributed by atoms with van der Waals surface area (Å²) in [7, 11) is 5.24. The molecule has 42 heavy (non-hydrogen) atoms. The van der Waals surface area contributed by atoms with Crippen molar-refractivity contribution in [3.63, 3.8) is 0 Å². The third-order valence-corrected chi connectivity index (χ3v) is 9.54. The van der Waals surface area contributed by atoms with Gasteiger partial charge in [-0.25, -0.2) is 4.98 Å². The molecule has 2 aliphatic rings. The van der Waals surface area contributed by atoms with Crippen molar-refractivity contribution in [1.29, 1.82) is 0 Å². The molecule has 2 aromatic carbocycles. The number of hydrogen-bond donors (Lipinski definition) is 1. The van der Waals surface area contributed by atoms with Crippen LogP contribution in [0.15, 0.2) is 41.8 Å². The third kappa shape index (κ3) is 4.37. The molecule has 7 rings (SSSR count). The SMILES string of the molecule is COc1ccc2[nH]c(C)c(-c3csc(-c4c(C(F)(F)F)n(CCN5CC6(CN(C)C6)C5)c5cc(OC)ccc45)n3)c2c1. The van der Waals surface area contributed by atoms with Gasteiger partial charge in [0, 0.05) is 89.2 Å². The van der Waals surface area contributed by atoms with Gasteiger partial charge in [0.25, 0.3) is 0 Å². The van der Waals surface area contributed by atoms with Crippen LogP contribution in [-0.4, -0.2) is 78.3 Å². The van der Waals surface area contributed by atoms with Gasteiger partial charge in [-0.1, -0.05) is 0 Å². The van der Waals surface area contributed by atoms with E-state index in [2.05, 4.69) is 21.8 Å². The number of rotatable bonds is 7. The van der Waals surface area contributed by atoms with Crippen LogP contribution in [0.5, 0.6) is 11.5 Å². The fourth-order valence-electron chi connectivity index (χ4n) is 7.07. The summed E-state index contributed by atoms with van der Waals surface area (Å²) in [5.74, 6) is 1.22. The molecular weight excluding hydrogens is 563 g/mol. The number of ether oxygens (including phenoxy) is 2. The molecule has 5 heterocycles. The highest BCUT2D eigenvalue weighted by Crippen LogP contribution is 2.47. The van der Waals surface area contributed by atoms with Gasteiger partial charge < -0.3 is 28.8 Å². The molecule has 0 amide bonds. The average molecular weight is 596 g/mol. The summed E-state index contributed by atoms with van der Waals surface area (Å²) in [6.07, 6.45) is -4.58. The Bertz CT molecular complexity index is 1810. The van der Waals surface area contributed by atoms with Gasteiger partial charge in [0.15, 0.2) is 0 Å². The van der Waals surface area contributed by atoms with Crippen LogP contribution in [-0.2, 0) is 12.7 Å². The first-order valence-corrected chi connectivity index (χ1v) is 14.8. The van der Waals surface area contributed by atoms with Gasteiger partial charge in [0.1, 0.15) is 22.2 Å². The van der Waals surface area contributed by atoms with Gasteiger partial charge in [-0.15, -0.1) is 11.3 Å². The van der Waals surface area contributed by atoms with E-state index in [1.165, 1.54) is 23.0 Å². The van der Waals surface area contributed by atoms with Gasteiger partial charge in [-0.2, -0.15) is 13.2 Å². The van der Waals surface area contributed by atoms with Crippen LogP contribution in [0.4, 0.5) is 13.2 Å². The summed E-state index contributed by atoms with van der Waals surface area (Å²) in [5, 5.41) is 3.61. The Morgan fingerprint density at radius 2 is 1.67 bits per heavy atom. The van der Waals surface area contributed by atoms with Gasteiger partial charge in [0.2, 0.25) is 0 Å². The van der Waals surface area contributed by atoms with Crippen molar-refractivity contribution < 1.29 is 22.6 Å². The first-order chi connectivity index (χ1) is 20.1. The molecule has 11 heteroatoms. The minimum atomic E-state index is -4.58. The van der Waals surface area contributed by atoms with Gasteiger partial charge in [-0.3, -0.25) is 0 Å². The number of H-pyrrole nitrogens is 1. The minimum absolute atomic E-state index is 0.118. The molecule has 2 aliphatic heterocycles. The van der Waals surface area contributed by atoms with Crippen LogP contribution >= 0.6 is 11.3 Å². The molecule has 220 valence electrons. The van der Waals surface area contributed by atoms with E-state index in [1.807, 2.05) is 30.5 Å². The molecule has 2 fully saturated rings. The first kappa shape index (κ1) is 27.3. The number of methoxy groups -OCH3 is 2. The first-order valence-electron chi connectivity index (χ1n) is 13.9. The van der Waals surface area contributed by atoms with E-state index < -0.39 is 11.9 Å². The van der Waals surface area contributed by atoms with Crippen molar-refractivity contribution in [3.05, 3.63) is 53.2 Å². The van der Waals surface area contributed by atoms with Crippen molar-refractivity contribution in [2.24, 2.45) is 5.41 Å². The summed E-state index contributed by atoms with van der Waals surface area (Å²) in [6.45, 7) is 6.69. The largest absolute Gasteiger partial charge is 0.497 e. The quantitative estimate of drug-likeness (QED) is 0.233. The number of nitrogens with one attached hydrogen (secondary N) is 1. The molecule has 0 bridgehead atoms. The second kappa shape index (κ2) is 9.75. The molecule has 0 saturated carbocycles. The lowest BCUT2D eigenvalue weighted by molar-refractivity contribution is -0.143. The standard InChI is InChI=1S/C31H32F3N5O2S/c1-18-26(22-11-19(40-3)6-8-23(22)35-18)24-13-42-29(36-24)27-21-7-5-20(41-4)12-25(21)39(28(27)31(32,33)34)10-9-38-16-30(17-38)14-37(2)15-30/h5-8,11-13,35H,9-10,14-17H2,1-4H3. The molecule has 2 saturated heterocycles. The highest BCUT2D eigenvalue weighted by molar-refractivity contribution is 7.13. The monoisotopic (exact) mass is 595 g/mol. The van der Waals surface area contributed by atoms with Crippen LogP contribution in [0, 0.1) is 12.3 Å². The van der Waals surface area contributed by atoms with E-state index in [-0.39, 0.29) is 12.1 Å². The van der Waals surface area contributed by atoms with Crippen LogP contribution in [0.3, 0.4) is 0 Å². The second-order valence-corrected chi connectivity index (χ2v) is 12.6. The van der Waals surface area contributed by atoms with Crippen LogP contribution in [0.1, 0.15) is 11.4 Å². The Hall–Kier alpha value is -3.54. The number of hydrogen-bond acceptors (Lipinski definition) is 6. The number of aromatic nitrogens is 3. The van der Waals surface area contributed by atoms with Crippen molar-refractivity contribution in [1.82, 2.24) is 24.3 Å². The Kier molecular flexibility index (Phi) is 6.34. The number of likely N-dealkylation sites (tertiary alicyclic amines) is 2. The number of halogens is 3. The summed E-state index contributed by atoms with van der Waals surface area (Å²) in [5.41, 5.74) is 3.57. The van der Waals surface area contributed by atoms with Crippen LogP contribution < -0.4 is 9.47 Å². The van der Waals surface area contributed by atoms with E-state index in [4.69, 9.17) is 14.5 Å². The normalized spacial score (nSPS) is 17.2. The molecule has 0 aliphatic carbocycles. The molecular formula is C31H32F3N5O2S. The molecule has 0 atom stereocenters. The van der Waals surface area contributed by atoms with E-state index in [9.17, 15) is 13.2 Å². The topological polar surface area (TPSA) is 58.5 Å². The zero-order valence-electron chi connectivity index (χ0n) is 23.9. The van der Waals surface area contributed by atoms with Gasteiger partial charge in [0.05, 0.1) is 25.4 Å². The van der Waals surface area contributed by atoms with Crippen molar-refractivity contribution >= 4 is 33.1 Å². The highest BCUT2D eigenvalue weighted by Gasteiger charge is 2.50. The van der Waals surface area contributed by atoms with Crippen LogP contribution in [0.25, 0.3) is 43.6 Å². The van der Waals surface area contributed by atoms with Crippen molar-refractivity contribution in [2.75, 3.05) is 54.0 Å². The van der Waals surface area contributed by atoms with E-state index in [1.54, 1.807) is 25.3 Å². The number of thiazole rings is 1. The number of fused-ring (bicyclic) bond motifs is 2. The number of nitrogens with zero attached hydrogens (tertiary/aromatic N) is 4. The summed E-state index contributed by atoms with van der Waals surface area (Å²) >= 11 is 1.23. The zero-order chi connectivity index (χ0) is 29.4.